The van der Waals surface area contributed by atoms with Crippen LogP contribution in [0, 0.1) is 0 Å². The number of anilines is 1. The number of hydrogen-bond acceptors (Lipinski definition) is 1. The molecule has 0 saturated heterocycles. The summed E-state index contributed by atoms with van der Waals surface area (Å²) in [6.45, 7) is 20.2. The highest BCUT2D eigenvalue weighted by molar-refractivity contribution is 6.79. The highest BCUT2D eigenvalue weighted by Crippen LogP contribution is 2.37. The minimum Gasteiger partial charge on any atom is -0.398 e. The van der Waals surface area contributed by atoms with E-state index < -0.39 is 8.24 Å². The molecule has 0 heterocycles. The van der Waals surface area contributed by atoms with Gasteiger partial charge in [-0.05, 0) is 29.4 Å². The summed E-state index contributed by atoms with van der Waals surface area (Å²) in [5, 5.41) is 0. The Morgan fingerprint density at radius 1 is 0.952 bits per heavy atom. The first kappa shape index (κ1) is 18.3. The van der Waals surface area contributed by atoms with Crippen molar-refractivity contribution in [1.29, 1.82) is 0 Å². The third kappa shape index (κ3) is 4.60. The lowest BCUT2D eigenvalue weighted by Crippen LogP contribution is -2.47. The number of para-hydroxylation sites is 1. The minimum atomic E-state index is -1.39. The normalized spacial score (nSPS) is 12.3. The van der Waals surface area contributed by atoms with Gasteiger partial charge in [0.05, 0.1) is 0 Å². The molecule has 0 bridgehead atoms. The molecule has 0 aliphatic carbocycles. The predicted molar refractivity (Wildman–Crippen MR) is 100 cm³/mol. The number of rotatable bonds is 7. The van der Waals surface area contributed by atoms with Crippen molar-refractivity contribution in [2.45, 2.75) is 78.9 Å². The van der Waals surface area contributed by atoms with E-state index in [9.17, 15) is 0 Å². The number of benzene rings is 1. The van der Waals surface area contributed by atoms with Gasteiger partial charge < -0.3 is 4.57 Å². The summed E-state index contributed by atoms with van der Waals surface area (Å²) in [6, 6.07) is 6.92. The summed E-state index contributed by atoms with van der Waals surface area (Å²) in [7, 11) is -1.39. The second-order valence-corrected chi connectivity index (χ2v) is 12.7. The molecule has 0 aliphatic heterocycles. The van der Waals surface area contributed by atoms with Crippen molar-refractivity contribution in [3.63, 3.8) is 0 Å². The quantitative estimate of drug-likeness (QED) is 0.529. The van der Waals surface area contributed by atoms with Crippen LogP contribution < -0.4 is 4.57 Å². The third-order valence-corrected chi connectivity index (χ3v) is 6.22. The van der Waals surface area contributed by atoms with Crippen LogP contribution in [0.25, 0.3) is 0 Å². The van der Waals surface area contributed by atoms with Gasteiger partial charge in [0.2, 0.25) is 0 Å². The first-order valence-corrected chi connectivity index (χ1v) is 12.0. The summed E-state index contributed by atoms with van der Waals surface area (Å²) in [5.74, 6) is 1.17. The van der Waals surface area contributed by atoms with Gasteiger partial charge in [-0.25, -0.2) is 0 Å². The lowest BCUT2D eigenvalue weighted by molar-refractivity contribution is 0.771. The smallest absolute Gasteiger partial charge is 0.147 e. The van der Waals surface area contributed by atoms with Crippen molar-refractivity contribution in [1.82, 2.24) is 0 Å². The van der Waals surface area contributed by atoms with Gasteiger partial charge in [-0.1, -0.05) is 78.9 Å². The van der Waals surface area contributed by atoms with Crippen LogP contribution in [-0.4, -0.2) is 14.8 Å². The van der Waals surface area contributed by atoms with E-state index in [1.807, 2.05) is 0 Å². The lowest BCUT2D eigenvalue weighted by atomic mass is 9.92. The van der Waals surface area contributed by atoms with Gasteiger partial charge in [0.15, 0.2) is 0 Å². The van der Waals surface area contributed by atoms with Gasteiger partial charge in [0, 0.05) is 12.2 Å². The maximum Gasteiger partial charge on any atom is 0.147 e. The molecule has 0 saturated carbocycles. The molecule has 0 N–H and O–H groups in total. The second kappa shape index (κ2) is 7.48. The maximum atomic E-state index is 2.78. The van der Waals surface area contributed by atoms with Crippen LogP contribution in [0.15, 0.2) is 18.2 Å². The Bertz CT molecular complexity index is 417. The van der Waals surface area contributed by atoms with Crippen LogP contribution in [-0.2, 0) is 0 Å². The van der Waals surface area contributed by atoms with Crippen molar-refractivity contribution in [3.8, 4) is 0 Å². The zero-order chi connectivity index (χ0) is 16.2. The molecule has 0 fully saturated rings. The van der Waals surface area contributed by atoms with Gasteiger partial charge in [-0.3, -0.25) is 0 Å². The topological polar surface area (TPSA) is 3.24 Å². The Kier molecular flexibility index (Phi) is 6.52. The molecule has 1 rings (SSSR count). The zero-order valence-electron chi connectivity index (χ0n) is 15.5. The van der Waals surface area contributed by atoms with Crippen LogP contribution >= 0.6 is 0 Å². The molecule has 2 heteroatoms. The highest BCUT2D eigenvalue weighted by Gasteiger charge is 2.28. The monoisotopic (exact) mass is 305 g/mol. The second-order valence-electron chi connectivity index (χ2n) is 7.77. The molecule has 1 aromatic rings. The molecule has 0 aromatic heterocycles. The molecular formula is C19H35NSi. The molecule has 1 aromatic carbocycles. The standard InChI is InChI=1S/C19H35NSi/c1-9-10-14-20(21(6,7)8)19-17(15(2)3)12-11-13-18(19)16(4)5/h11-13,15-16H,9-10,14H2,1-8H3. The Labute approximate surface area is 133 Å². The molecule has 1 nitrogen and oxygen atoms in total. The number of unbranched alkanes of at least 4 members (excludes halogenated alkanes) is 1. The molecule has 21 heavy (non-hydrogen) atoms. The summed E-state index contributed by atoms with van der Waals surface area (Å²) in [5.41, 5.74) is 4.61. The summed E-state index contributed by atoms with van der Waals surface area (Å²) in [6.07, 6.45) is 2.55. The minimum absolute atomic E-state index is 0.583. The van der Waals surface area contributed by atoms with E-state index in [-0.39, 0.29) is 0 Å². The predicted octanol–water partition coefficient (Wildman–Crippen LogP) is 6.37. The van der Waals surface area contributed by atoms with Gasteiger partial charge >= 0.3 is 0 Å². The SMILES string of the molecule is CCCCN(c1c(C(C)C)cccc1C(C)C)[Si](C)(C)C. The fraction of sp³-hybridized carbons (Fsp3) is 0.684. The van der Waals surface area contributed by atoms with Crippen molar-refractivity contribution < 1.29 is 0 Å². The fourth-order valence-electron chi connectivity index (χ4n) is 2.92. The maximum absolute atomic E-state index is 2.78. The fourth-order valence-corrected chi connectivity index (χ4v) is 4.68. The zero-order valence-corrected chi connectivity index (χ0v) is 16.5. The summed E-state index contributed by atoms with van der Waals surface area (Å²) >= 11 is 0. The van der Waals surface area contributed by atoms with Crippen LogP contribution in [0.1, 0.15) is 70.4 Å². The van der Waals surface area contributed by atoms with Crippen LogP contribution in [0.5, 0.6) is 0 Å². The first-order valence-electron chi connectivity index (χ1n) is 8.60. The molecule has 0 aliphatic rings. The average Bonchev–Trinajstić information content (AvgIpc) is 2.37. The van der Waals surface area contributed by atoms with E-state index in [0.717, 1.165) is 0 Å². The van der Waals surface area contributed by atoms with Crippen molar-refractivity contribution >= 4 is 13.9 Å². The average molecular weight is 306 g/mol. The molecule has 0 unspecified atom stereocenters. The molecule has 120 valence electrons. The largest absolute Gasteiger partial charge is 0.398 e. The molecule has 0 amide bonds. The van der Waals surface area contributed by atoms with E-state index in [1.54, 1.807) is 5.69 Å². The highest BCUT2D eigenvalue weighted by atomic mass is 28.3. The van der Waals surface area contributed by atoms with Gasteiger partial charge in [0.1, 0.15) is 8.24 Å². The third-order valence-electron chi connectivity index (χ3n) is 4.16. The van der Waals surface area contributed by atoms with Crippen LogP contribution in [0.3, 0.4) is 0 Å². The Morgan fingerprint density at radius 3 is 1.76 bits per heavy atom. The molecule has 0 radical (unpaired) electrons. The number of hydrogen-bond donors (Lipinski definition) is 0. The molecule has 0 atom stereocenters. The Morgan fingerprint density at radius 2 is 1.43 bits per heavy atom. The van der Waals surface area contributed by atoms with Gasteiger partial charge in [0.25, 0.3) is 0 Å². The molecular weight excluding hydrogens is 270 g/mol. The Hall–Kier alpha value is -0.763. The van der Waals surface area contributed by atoms with Crippen LogP contribution in [0.2, 0.25) is 19.6 Å². The first-order chi connectivity index (χ1) is 9.70. The lowest BCUT2D eigenvalue weighted by Gasteiger charge is -2.40. The van der Waals surface area contributed by atoms with Gasteiger partial charge in [-0.15, -0.1) is 0 Å². The molecule has 0 spiro atoms. The van der Waals surface area contributed by atoms with E-state index >= 15 is 0 Å². The summed E-state index contributed by atoms with van der Waals surface area (Å²) < 4.78 is 2.78. The van der Waals surface area contributed by atoms with E-state index in [0.29, 0.717) is 11.8 Å². The van der Waals surface area contributed by atoms with E-state index in [1.165, 1.54) is 30.5 Å². The van der Waals surface area contributed by atoms with Crippen molar-refractivity contribution in [2.24, 2.45) is 0 Å². The van der Waals surface area contributed by atoms with E-state index in [4.69, 9.17) is 0 Å². The van der Waals surface area contributed by atoms with Crippen LogP contribution in [0.4, 0.5) is 5.69 Å². The number of nitrogens with zero attached hydrogens (tertiary/aromatic N) is 1. The summed E-state index contributed by atoms with van der Waals surface area (Å²) in [4.78, 5) is 0. The van der Waals surface area contributed by atoms with Gasteiger partial charge in [-0.2, -0.15) is 0 Å². The van der Waals surface area contributed by atoms with Crippen molar-refractivity contribution in [3.05, 3.63) is 29.3 Å². The Balaban J connectivity index is 3.46. The van der Waals surface area contributed by atoms with Crippen molar-refractivity contribution in [2.75, 3.05) is 11.1 Å². The van der Waals surface area contributed by atoms with E-state index in [2.05, 4.69) is 77.0 Å².